The summed E-state index contributed by atoms with van der Waals surface area (Å²) in [5, 5.41) is 7.00. The fourth-order valence-electron chi connectivity index (χ4n) is 3.75. The Morgan fingerprint density at radius 1 is 1.06 bits per heavy atom. The maximum atomic E-state index is 12.7. The molecule has 1 fully saturated rings. The molecule has 3 aromatic heterocycles. The van der Waals surface area contributed by atoms with Gasteiger partial charge >= 0.3 is 0 Å². The van der Waals surface area contributed by atoms with Gasteiger partial charge in [-0.05, 0) is 23.9 Å². The Kier molecular flexibility index (Phi) is 5.68. The van der Waals surface area contributed by atoms with E-state index < -0.39 is 10.0 Å². The van der Waals surface area contributed by atoms with Crippen LogP contribution in [0.2, 0.25) is 0 Å². The molecule has 0 spiro atoms. The average molecular weight is 488 g/mol. The lowest BCUT2D eigenvalue weighted by Gasteiger charge is -2.33. The first-order valence-electron chi connectivity index (χ1n) is 10.1. The first kappa shape index (κ1) is 21.4. The number of hydrogen-bond donors (Lipinski definition) is 0. The third-order valence-corrected chi connectivity index (χ3v) is 9.69. The van der Waals surface area contributed by atoms with Crippen molar-refractivity contribution in [1.82, 2.24) is 23.8 Å². The molecule has 0 unspecified atom stereocenters. The molecule has 32 heavy (non-hydrogen) atoms. The lowest BCUT2D eigenvalue weighted by atomic mass is 10.1. The van der Waals surface area contributed by atoms with Gasteiger partial charge in [0, 0.05) is 44.4 Å². The smallest absolute Gasteiger partial charge is 0.275 e. The summed E-state index contributed by atoms with van der Waals surface area (Å²) in [4.78, 5) is 20.0. The zero-order valence-corrected chi connectivity index (χ0v) is 19.8. The number of benzene rings is 1. The Hall–Kier alpha value is -2.44. The molecule has 8 nitrogen and oxygen atoms in total. The van der Waals surface area contributed by atoms with Crippen molar-refractivity contribution in [2.24, 2.45) is 0 Å². The summed E-state index contributed by atoms with van der Waals surface area (Å²) < 4.78 is 28.7. The number of hydrogen-bond acceptors (Lipinski definition) is 8. The van der Waals surface area contributed by atoms with Crippen LogP contribution in [0.1, 0.15) is 11.3 Å². The van der Waals surface area contributed by atoms with Gasteiger partial charge in [-0.3, -0.25) is 9.69 Å². The van der Waals surface area contributed by atoms with E-state index in [9.17, 15) is 13.2 Å². The SMILES string of the molecule is Cc1ccccc1-c1nn2c(=O)cc(CN3CCN(S(=O)(=O)c4cccs4)CC3)nc2s1. The number of rotatable bonds is 5. The number of aromatic nitrogens is 3. The lowest BCUT2D eigenvalue weighted by Crippen LogP contribution is -2.48. The van der Waals surface area contributed by atoms with Crippen LogP contribution >= 0.6 is 22.7 Å². The maximum Gasteiger partial charge on any atom is 0.275 e. The van der Waals surface area contributed by atoms with Crippen LogP contribution in [0.15, 0.2) is 56.8 Å². The predicted molar refractivity (Wildman–Crippen MR) is 126 cm³/mol. The van der Waals surface area contributed by atoms with Gasteiger partial charge in [0.2, 0.25) is 4.96 Å². The van der Waals surface area contributed by atoms with Crippen molar-refractivity contribution in [3.05, 3.63) is 69.5 Å². The van der Waals surface area contributed by atoms with Gasteiger partial charge in [0.1, 0.15) is 9.22 Å². The standard InChI is InChI=1S/C21H21N5O3S3/c1-15-5-2-3-6-17(15)20-23-26-18(27)13-16(22-21(26)31-20)14-24-8-10-25(11-9-24)32(28,29)19-7-4-12-30-19/h2-7,12-13H,8-11,14H2,1H3. The molecule has 0 bridgehead atoms. The Bertz CT molecular complexity index is 1420. The Labute approximate surface area is 193 Å². The molecule has 0 radical (unpaired) electrons. The minimum absolute atomic E-state index is 0.208. The van der Waals surface area contributed by atoms with Crippen molar-refractivity contribution in [2.45, 2.75) is 17.7 Å². The number of sulfonamides is 1. The van der Waals surface area contributed by atoms with Crippen LogP contribution in [-0.4, -0.2) is 58.4 Å². The number of aryl methyl sites for hydroxylation is 1. The van der Waals surface area contributed by atoms with Crippen molar-refractivity contribution in [2.75, 3.05) is 26.2 Å². The first-order valence-corrected chi connectivity index (χ1v) is 13.3. The van der Waals surface area contributed by atoms with Crippen molar-refractivity contribution in [3.8, 4) is 10.6 Å². The van der Waals surface area contributed by atoms with Crippen molar-refractivity contribution < 1.29 is 8.42 Å². The molecule has 11 heteroatoms. The highest BCUT2D eigenvalue weighted by molar-refractivity contribution is 7.91. The predicted octanol–water partition coefficient (Wildman–Crippen LogP) is 2.69. The fraction of sp³-hybridized carbons (Fsp3) is 0.286. The average Bonchev–Trinajstić information content (AvgIpc) is 3.45. The molecular weight excluding hydrogens is 466 g/mol. The van der Waals surface area contributed by atoms with Crippen molar-refractivity contribution in [3.63, 3.8) is 0 Å². The van der Waals surface area contributed by atoms with E-state index in [1.54, 1.807) is 17.5 Å². The van der Waals surface area contributed by atoms with Crippen LogP contribution in [0.5, 0.6) is 0 Å². The van der Waals surface area contributed by atoms with E-state index in [1.807, 2.05) is 31.2 Å². The lowest BCUT2D eigenvalue weighted by molar-refractivity contribution is 0.180. The van der Waals surface area contributed by atoms with Gasteiger partial charge in [-0.15, -0.1) is 11.3 Å². The number of fused-ring (bicyclic) bond motifs is 1. The van der Waals surface area contributed by atoms with E-state index in [-0.39, 0.29) is 5.56 Å². The van der Waals surface area contributed by atoms with Gasteiger partial charge in [0.05, 0.1) is 5.69 Å². The summed E-state index contributed by atoms with van der Waals surface area (Å²) in [6.07, 6.45) is 0. The molecule has 1 aliphatic rings. The van der Waals surface area contributed by atoms with Crippen LogP contribution in [0, 0.1) is 6.92 Å². The zero-order valence-electron chi connectivity index (χ0n) is 17.3. The van der Waals surface area contributed by atoms with Crippen LogP contribution in [-0.2, 0) is 16.6 Å². The second-order valence-corrected chi connectivity index (χ2v) is 11.7. The van der Waals surface area contributed by atoms with Crippen molar-refractivity contribution in [1.29, 1.82) is 0 Å². The Morgan fingerprint density at radius 3 is 2.56 bits per heavy atom. The molecule has 4 aromatic rings. The van der Waals surface area contributed by atoms with E-state index in [1.165, 1.54) is 37.6 Å². The highest BCUT2D eigenvalue weighted by Crippen LogP contribution is 2.27. The molecule has 0 aliphatic carbocycles. The molecule has 1 saturated heterocycles. The van der Waals surface area contributed by atoms with Gasteiger partial charge in [0.15, 0.2) is 0 Å². The molecule has 5 rings (SSSR count). The summed E-state index contributed by atoms with van der Waals surface area (Å²) in [5.74, 6) is 0. The quantitative estimate of drug-likeness (QED) is 0.430. The number of nitrogens with zero attached hydrogens (tertiary/aromatic N) is 5. The highest BCUT2D eigenvalue weighted by Gasteiger charge is 2.29. The summed E-state index contributed by atoms with van der Waals surface area (Å²) in [6.45, 7) is 4.52. The monoisotopic (exact) mass is 487 g/mol. The summed E-state index contributed by atoms with van der Waals surface area (Å²) in [7, 11) is -3.43. The summed E-state index contributed by atoms with van der Waals surface area (Å²) in [6, 6.07) is 12.8. The molecule has 0 N–H and O–H groups in total. The summed E-state index contributed by atoms with van der Waals surface area (Å²) >= 11 is 2.63. The minimum atomic E-state index is -3.43. The van der Waals surface area contributed by atoms with Crippen LogP contribution < -0.4 is 5.56 Å². The largest absolute Gasteiger partial charge is 0.295 e. The Balaban J connectivity index is 1.32. The molecular formula is C21H21N5O3S3. The molecule has 0 amide bonds. The first-order chi connectivity index (χ1) is 15.4. The van der Waals surface area contributed by atoms with Gasteiger partial charge in [-0.25, -0.2) is 13.4 Å². The van der Waals surface area contributed by atoms with E-state index in [0.29, 0.717) is 47.6 Å². The van der Waals surface area contributed by atoms with E-state index in [0.717, 1.165) is 16.1 Å². The second kappa shape index (κ2) is 8.49. The molecule has 1 aromatic carbocycles. The van der Waals surface area contributed by atoms with Gasteiger partial charge in [-0.2, -0.15) is 13.9 Å². The normalized spacial score (nSPS) is 16.0. The van der Waals surface area contributed by atoms with Crippen molar-refractivity contribution >= 4 is 37.7 Å². The topological polar surface area (TPSA) is 87.9 Å². The van der Waals surface area contributed by atoms with Crippen LogP contribution in [0.4, 0.5) is 0 Å². The number of piperazine rings is 1. The molecule has 1 aliphatic heterocycles. The molecule has 4 heterocycles. The highest BCUT2D eigenvalue weighted by atomic mass is 32.2. The van der Waals surface area contributed by atoms with E-state index in [2.05, 4.69) is 15.0 Å². The van der Waals surface area contributed by atoms with Crippen LogP contribution in [0.25, 0.3) is 15.5 Å². The van der Waals surface area contributed by atoms with Gasteiger partial charge < -0.3 is 0 Å². The third kappa shape index (κ3) is 4.02. The fourth-order valence-corrected chi connectivity index (χ4v) is 7.33. The molecule has 0 atom stereocenters. The van der Waals surface area contributed by atoms with Crippen LogP contribution in [0.3, 0.4) is 0 Å². The second-order valence-electron chi connectivity index (χ2n) is 7.61. The van der Waals surface area contributed by atoms with E-state index >= 15 is 0 Å². The molecule has 0 saturated carbocycles. The maximum absolute atomic E-state index is 12.7. The minimum Gasteiger partial charge on any atom is -0.295 e. The summed E-state index contributed by atoms with van der Waals surface area (Å²) in [5.41, 5.74) is 2.55. The molecule has 166 valence electrons. The van der Waals surface area contributed by atoms with Gasteiger partial charge in [-0.1, -0.05) is 41.7 Å². The van der Waals surface area contributed by atoms with E-state index in [4.69, 9.17) is 0 Å². The third-order valence-electron chi connectivity index (χ3n) is 5.48. The van der Waals surface area contributed by atoms with Gasteiger partial charge in [0.25, 0.3) is 15.6 Å². The zero-order chi connectivity index (χ0) is 22.3. The Morgan fingerprint density at radius 2 is 1.84 bits per heavy atom. The number of thiophene rings is 1.